The van der Waals surface area contributed by atoms with E-state index in [4.69, 9.17) is 0 Å². The van der Waals surface area contributed by atoms with E-state index in [2.05, 4.69) is 15.6 Å². The molecule has 2 atom stereocenters. The zero-order valence-corrected chi connectivity index (χ0v) is 11.8. The van der Waals surface area contributed by atoms with Crippen molar-refractivity contribution in [1.29, 1.82) is 0 Å². The van der Waals surface area contributed by atoms with Gasteiger partial charge in [-0.1, -0.05) is 32.1 Å². The van der Waals surface area contributed by atoms with E-state index < -0.39 is 0 Å². The van der Waals surface area contributed by atoms with E-state index >= 15 is 0 Å². The molecule has 0 aromatic carbocycles. The highest BCUT2D eigenvalue weighted by Crippen LogP contribution is 2.44. The number of pyridine rings is 1. The highest BCUT2D eigenvalue weighted by Gasteiger charge is 2.43. The lowest BCUT2D eigenvalue weighted by Gasteiger charge is -2.21. The lowest BCUT2D eigenvalue weighted by Crippen LogP contribution is -2.37. The van der Waals surface area contributed by atoms with Crippen LogP contribution in [-0.4, -0.2) is 17.1 Å². The van der Waals surface area contributed by atoms with E-state index in [0.29, 0.717) is 12.6 Å². The molecule has 1 aromatic heterocycles. The summed E-state index contributed by atoms with van der Waals surface area (Å²) < 4.78 is 0. The molecule has 1 aromatic rings. The summed E-state index contributed by atoms with van der Waals surface area (Å²) in [6.45, 7) is 0.565. The van der Waals surface area contributed by atoms with Gasteiger partial charge in [0.25, 0.3) is 0 Å². The molecule has 0 bridgehead atoms. The first-order valence-corrected chi connectivity index (χ1v) is 7.76. The standard InChI is InChI=1S/C16H23N3O/c20-16(18-11-12-6-8-17-9-7-12)19-15-10-14(15)13-4-2-1-3-5-13/h6-9,13-15H,1-5,10-11H2,(H2,18,19,20)/t14-,15+/m0/s1. The van der Waals surface area contributed by atoms with Crippen LogP contribution in [0.3, 0.4) is 0 Å². The van der Waals surface area contributed by atoms with Gasteiger partial charge in [-0.15, -0.1) is 0 Å². The Kier molecular flexibility index (Phi) is 4.19. The molecule has 4 nitrogen and oxygen atoms in total. The van der Waals surface area contributed by atoms with Gasteiger partial charge in [0.2, 0.25) is 0 Å². The monoisotopic (exact) mass is 273 g/mol. The summed E-state index contributed by atoms with van der Waals surface area (Å²) >= 11 is 0. The highest BCUT2D eigenvalue weighted by molar-refractivity contribution is 5.74. The Morgan fingerprint density at radius 2 is 1.95 bits per heavy atom. The number of aromatic nitrogens is 1. The number of hydrogen-bond donors (Lipinski definition) is 2. The van der Waals surface area contributed by atoms with Crippen LogP contribution >= 0.6 is 0 Å². The number of hydrogen-bond acceptors (Lipinski definition) is 2. The highest BCUT2D eigenvalue weighted by atomic mass is 16.2. The first-order chi connectivity index (χ1) is 9.83. The summed E-state index contributed by atoms with van der Waals surface area (Å²) in [5.74, 6) is 1.59. The molecule has 2 amide bonds. The Hall–Kier alpha value is -1.58. The van der Waals surface area contributed by atoms with Crippen LogP contribution in [0.1, 0.15) is 44.1 Å². The van der Waals surface area contributed by atoms with Crippen molar-refractivity contribution >= 4 is 6.03 Å². The number of carbonyl (C=O) groups excluding carboxylic acids is 1. The number of nitrogens with one attached hydrogen (secondary N) is 2. The van der Waals surface area contributed by atoms with E-state index in [1.165, 1.54) is 38.5 Å². The van der Waals surface area contributed by atoms with E-state index in [9.17, 15) is 4.79 Å². The number of carbonyl (C=O) groups is 1. The third-order valence-electron chi connectivity index (χ3n) is 4.61. The molecule has 2 N–H and O–H groups in total. The average molecular weight is 273 g/mol. The smallest absolute Gasteiger partial charge is 0.315 e. The average Bonchev–Trinajstić information content (AvgIpc) is 3.26. The van der Waals surface area contributed by atoms with Crippen molar-refractivity contribution in [3.63, 3.8) is 0 Å². The van der Waals surface area contributed by atoms with Gasteiger partial charge in [-0.3, -0.25) is 4.98 Å². The van der Waals surface area contributed by atoms with Crippen molar-refractivity contribution in [1.82, 2.24) is 15.6 Å². The zero-order valence-electron chi connectivity index (χ0n) is 11.8. The Morgan fingerprint density at radius 1 is 1.20 bits per heavy atom. The summed E-state index contributed by atoms with van der Waals surface area (Å²) in [5, 5.41) is 6.02. The lowest BCUT2D eigenvalue weighted by atomic mass is 9.85. The Morgan fingerprint density at radius 3 is 2.70 bits per heavy atom. The molecular formula is C16H23N3O. The van der Waals surface area contributed by atoms with Crippen LogP contribution in [0, 0.1) is 11.8 Å². The molecule has 2 aliphatic rings. The molecule has 2 fully saturated rings. The maximum atomic E-state index is 11.9. The third-order valence-corrected chi connectivity index (χ3v) is 4.61. The molecule has 0 aliphatic heterocycles. The van der Waals surface area contributed by atoms with Crippen LogP contribution < -0.4 is 10.6 Å². The molecule has 0 saturated heterocycles. The van der Waals surface area contributed by atoms with Gasteiger partial charge in [-0.25, -0.2) is 4.79 Å². The van der Waals surface area contributed by atoms with E-state index in [1.807, 2.05) is 12.1 Å². The van der Waals surface area contributed by atoms with Gasteiger partial charge >= 0.3 is 6.03 Å². The maximum Gasteiger partial charge on any atom is 0.315 e. The molecule has 108 valence electrons. The van der Waals surface area contributed by atoms with Gasteiger partial charge in [0.1, 0.15) is 0 Å². The zero-order chi connectivity index (χ0) is 13.8. The molecule has 4 heteroatoms. The largest absolute Gasteiger partial charge is 0.335 e. The summed E-state index contributed by atoms with van der Waals surface area (Å²) in [6.07, 6.45) is 11.5. The van der Waals surface area contributed by atoms with Gasteiger partial charge in [-0.2, -0.15) is 0 Å². The van der Waals surface area contributed by atoms with Crippen LogP contribution in [0.25, 0.3) is 0 Å². The van der Waals surface area contributed by atoms with Crippen molar-refractivity contribution in [2.24, 2.45) is 11.8 Å². The quantitative estimate of drug-likeness (QED) is 0.886. The molecule has 2 saturated carbocycles. The van der Waals surface area contributed by atoms with Gasteiger partial charge in [0.15, 0.2) is 0 Å². The minimum Gasteiger partial charge on any atom is -0.335 e. The lowest BCUT2D eigenvalue weighted by molar-refractivity contribution is 0.238. The normalized spacial score (nSPS) is 26.0. The van der Waals surface area contributed by atoms with Crippen molar-refractivity contribution in [2.75, 3.05) is 0 Å². The molecule has 1 heterocycles. The first kappa shape index (κ1) is 13.4. The molecule has 0 spiro atoms. The predicted molar refractivity (Wildman–Crippen MR) is 78.1 cm³/mol. The minimum atomic E-state index is -0.0369. The number of amides is 2. The van der Waals surface area contributed by atoms with Crippen LogP contribution in [0.15, 0.2) is 24.5 Å². The summed E-state index contributed by atoms with van der Waals surface area (Å²) in [5.41, 5.74) is 1.08. The Bertz CT molecular complexity index is 442. The van der Waals surface area contributed by atoms with Crippen LogP contribution in [0.2, 0.25) is 0 Å². The van der Waals surface area contributed by atoms with Crippen molar-refractivity contribution in [3.05, 3.63) is 30.1 Å². The SMILES string of the molecule is O=C(NCc1ccncc1)N[C@@H]1C[C@H]1C1CCCCC1. The fourth-order valence-corrected chi connectivity index (χ4v) is 3.37. The number of rotatable bonds is 4. The minimum absolute atomic E-state index is 0.0369. The first-order valence-electron chi connectivity index (χ1n) is 7.76. The van der Waals surface area contributed by atoms with Crippen molar-refractivity contribution < 1.29 is 4.79 Å². The van der Waals surface area contributed by atoms with Gasteiger partial charge in [0, 0.05) is 25.0 Å². The van der Waals surface area contributed by atoms with E-state index in [0.717, 1.165) is 17.4 Å². The Labute approximate surface area is 120 Å². The molecule has 2 aliphatic carbocycles. The Balaban J connectivity index is 1.37. The second-order valence-corrected chi connectivity index (χ2v) is 6.09. The van der Waals surface area contributed by atoms with Crippen LogP contribution in [0.5, 0.6) is 0 Å². The second-order valence-electron chi connectivity index (χ2n) is 6.09. The maximum absolute atomic E-state index is 11.9. The van der Waals surface area contributed by atoms with E-state index in [1.54, 1.807) is 12.4 Å². The summed E-state index contributed by atoms with van der Waals surface area (Å²) in [7, 11) is 0. The predicted octanol–water partition coefficient (Wildman–Crippen LogP) is 2.85. The summed E-state index contributed by atoms with van der Waals surface area (Å²) in [4.78, 5) is 15.8. The van der Waals surface area contributed by atoms with Crippen LogP contribution in [-0.2, 0) is 6.54 Å². The third kappa shape index (κ3) is 3.50. The van der Waals surface area contributed by atoms with E-state index in [-0.39, 0.29) is 6.03 Å². The topological polar surface area (TPSA) is 54.0 Å². The van der Waals surface area contributed by atoms with Gasteiger partial charge in [-0.05, 0) is 36.0 Å². The number of nitrogens with zero attached hydrogens (tertiary/aromatic N) is 1. The van der Waals surface area contributed by atoms with Gasteiger partial charge in [0.05, 0.1) is 0 Å². The molecule has 0 radical (unpaired) electrons. The number of urea groups is 1. The fourth-order valence-electron chi connectivity index (χ4n) is 3.37. The molecule has 0 unspecified atom stereocenters. The fraction of sp³-hybridized carbons (Fsp3) is 0.625. The second kappa shape index (κ2) is 6.25. The molecule has 3 rings (SSSR count). The summed E-state index contributed by atoms with van der Waals surface area (Å²) in [6, 6.07) is 4.21. The molecule has 20 heavy (non-hydrogen) atoms. The van der Waals surface area contributed by atoms with Crippen LogP contribution in [0.4, 0.5) is 4.79 Å². The van der Waals surface area contributed by atoms with Crippen molar-refractivity contribution in [2.45, 2.75) is 51.1 Å². The van der Waals surface area contributed by atoms with Crippen molar-refractivity contribution in [3.8, 4) is 0 Å². The molecular weight excluding hydrogens is 250 g/mol. The van der Waals surface area contributed by atoms with Gasteiger partial charge < -0.3 is 10.6 Å².